The fourth-order valence-corrected chi connectivity index (χ4v) is 1.73. The van der Waals surface area contributed by atoms with E-state index in [1.54, 1.807) is 0 Å². The monoisotopic (exact) mass is 145 g/mol. The maximum absolute atomic E-state index is 11.3. The third-order valence-corrected chi connectivity index (χ3v) is 4.53. The molecule has 0 aromatic heterocycles. The van der Waals surface area contributed by atoms with Gasteiger partial charge in [0.2, 0.25) is 0 Å². The molecule has 9 heavy (non-hydrogen) atoms. The summed E-state index contributed by atoms with van der Waals surface area (Å²) in [6, 6.07) is 1.95. The first-order valence-corrected chi connectivity index (χ1v) is 5.39. The molecule has 52 valence electrons. The van der Waals surface area contributed by atoms with Crippen molar-refractivity contribution >= 4 is 7.14 Å². The molecule has 0 atom stereocenters. The highest BCUT2D eigenvalue weighted by molar-refractivity contribution is 7.64. The molecule has 0 aromatic carbocycles. The van der Waals surface area contributed by atoms with Crippen molar-refractivity contribution in [1.29, 1.82) is 5.26 Å². The van der Waals surface area contributed by atoms with Gasteiger partial charge in [-0.25, -0.2) is 0 Å². The Morgan fingerprint density at radius 3 is 2.00 bits per heavy atom. The number of nitriles is 1. The highest BCUT2D eigenvalue weighted by Gasteiger charge is 2.14. The molecule has 0 unspecified atom stereocenters. The summed E-state index contributed by atoms with van der Waals surface area (Å²) in [6.45, 7) is 3.75. The molecular formula is C6H12NOP. The molecule has 2 nitrogen and oxygen atoms in total. The quantitative estimate of drug-likeness (QED) is 0.569. The average Bonchev–Trinajstić information content (AvgIpc) is 1.89. The van der Waals surface area contributed by atoms with E-state index in [1.165, 1.54) is 0 Å². The van der Waals surface area contributed by atoms with Gasteiger partial charge < -0.3 is 4.57 Å². The van der Waals surface area contributed by atoms with Gasteiger partial charge in [-0.2, -0.15) is 5.26 Å². The lowest BCUT2D eigenvalue weighted by Crippen LogP contribution is -1.92. The van der Waals surface area contributed by atoms with Crippen LogP contribution >= 0.6 is 7.14 Å². The van der Waals surface area contributed by atoms with Gasteiger partial charge in [0.05, 0.1) is 12.2 Å². The van der Waals surface area contributed by atoms with Crippen LogP contribution in [0, 0.1) is 11.3 Å². The van der Waals surface area contributed by atoms with Crippen LogP contribution in [-0.2, 0) is 4.57 Å². The van der Waals surface area contributed by atoms with Gasteiger partial charge in [-0.15, -0.1) is 0 Å². The lowest BCUT2D eigenvalue weighted by molar-refractivity contribution is 0.578. The van der Waals surface area contributed by atoms with Crippen LogP contribution in [0.15, 0.2) is 0 Å². The van der Waals surface area contributed by atoms with Crippen LogP contribution in [0.4, 0.5) is 0 Å². The standard InChI is InChI=1S/C6H12NOP/c1-3-9(8,4-2)6-5-7/h3-4,6H2,1-2H3. The third kappa shape index (κ3) is 2.67. The molecule has 0 rings (SSSR count). The van der Waals surface area contributed by atoms with Gasteiger partial charge in [0.25, 0.3) is 0 Å². The highest BCUT2D eigenvalue weighted by atomic mass is 31.2. The fourth-order valence-electron chi connectivity index (χ4n) is 0.576. The van der Waals surface area contributed by atoms with Crippen LogP contribution in [0.5, 0.6) is 0 Å². The van der Waals surface area contributed by atoms with Crippen molar-refractivity contribution in [3.8, 4) is 6.07 Å². The molecule has 0 aliphatic heterocycles. The lowest BCUT2D eigenvalue weighted by atomic mass is 10.9. The second-order valence-corrected chi connectivity index (χ2v) is 5.70. The Labute approximate surface area is 56.2 Å². The van der Waals surface area contributed by atoms with Crippen molar-refractivity contribution in [2.45, 2.75) is 13.8 Å². The molecule has 0 N–H and O–H groups in total. The van der Waals surface area contributed by atoms with Crippen LogP contribution < -0.4 is 0 Å². The molecule has 0 fully saturated rings. The first-order valence-electron chi connectivity index (χ1n) is 3.12. The average molecular weight is 145 g/mol. The van der Waals surface area contributed by atoms with Crippen LogP contribution in [0.25, 0.3) is 0 Å². The second kappa shape index (κ2) is 3.69. The summed E-state index contributed by atoms with van der Waals surface area (Å²) in [5, 5.41) is 8.24. The molecule has 3 heteroatoms. The van der Waals surface area contributed by atoms with Crippen molar-refractivity contribution in [3.05, 3.63) is 0 Å². The second-order valence-electron chi connectivity index (χ2n) is 2.01. The van der Waals surface area contributed by atoms with Crippen LogP contribution in [0.3, 0.4) is 0 Å². The van der Waals surface area contributed by atoms with Gasteiger partial charge in [0.1, 0.15) is 7.14 Å². The molecule has 0 aliphatic carbocycles. The van der Waals surface area contributed by atoms with Crippen LogP contribution in [-0.4, -0.2) is 18.5 Å². The Kier molecular flexibility index (Phi) is 3.58. The highest BCUT2D eigenvalue weighted by Crippen LogP contribution is 2.43. The predicted molar refractivity (Wildman–Crippen MR) is 39.2 cm³/mol. The van der Waals surface area contributed by atoms with Crippen molar-refractivity contribution in [3.63, 3.8) is 0 Å². The Bertz CT molecular complexity index is 151. The van der Waals surface area contributed by atoms with E-state index in [2.05, 4.69) is 0 Å². The molecule has 0 saturated carbocycles. The van der Waals surface area contributed by atoms with E-state index in [0.717, 1.165) is 0 Å². The smallest absolute Gasteiger partial charge is 0.101 e. The molecule has 0 aromatic rings. The first-order chi connectivity index (χ1) is 4.18. The minimum Gasteiger partial charge on any atom is -0.323 e. The number of hydrogen-bond donors (Lipinski definition) is 0. The Balaban J connectivity index is 3.98. The van der Waals surface area contributed by atoms with Gasteiger partial charge >= 0.3 is 0 Å². The van der Waals surface area contributed by atoms with E-state index in [1.807, 2.05) is 19.9 Å². The van der Waals surface area contributed by atoms with Gasteiger partial charge in [0, 0.05) is 0 Å². The molecular weight excluding hydrogens is 133 g/mol. The van der Waals surface area contributed by atoms with Gasteiger partial charge in [-0.05, 0) is 12.3 Å². The van der Waals surface area contributed by atoms with E-state index in [-0.39, 0.29) is 6.16 Å². The summed E-state index contributed by atoms with van der Waals surface area (Å²) in [6.07, 6.45) is 1.58. The van der Waals surface area contributed by atoms with Crippen molar-refractivity contribution < 1.29 is 4.57 Å². The van der Waals surface area contributed by atoms with Gasteiger partial charge in [-0.1, -0.05) is 13.8 Å². The molecule has 0 amide bonds. The topological polar surface area (TPSA) is 40.9 Å². The first kappa shape index (κ1) is 8.72. The Morgan fingerprint density at radius 1 is 1.44 bits per heavy atom. The van der Waals surface area contributed by atoms with Gasteiger partial charge in [-0.3, -0.25) is 0 Å². The largest absolute Gasteiger partial charge is 0.323 e. The summed E-state index contributed by atoms with van der Waals surface area (Å²) in [4.78, 5) is 0. The molecule has 0 spiro atoms. The Hall–Kier alpha value is -0.280. The summed E-state index contributed by atoms with van der Waals surface area (Å²) < 4.78 is 11.3. The summed E-state index contributed by atoms with van der Waals surface area (Å²) in [7, 11) is -2.04. The molecule has 0 saturated heterocycles. The normalized spacial score (nSPS) is 10.8. The maximum atomic E-state index is 11.3. The molecule has 0 heterocycles. The molecule has 0 aliphatic rings. The minimum atomic E-state index is -2.04. The maximum Gasteiger partial charge on any atom is 0.101 e. The zero-order chi connectivity index (χ0) is 7.33. The summed E-state index contributed by atoms with van der Waals surface area (Å²) in [5.74, 6) is 0. The van der Waals surface area contributed by atoms with E-state index >= 15 is 0 Å². The number of nitrogens with zero attached hydrogens (tertiary/aromatic N) is 1. The van der Waals surface area contributed by atoms with E-state index in [9.17, 15) is 4.57 Å². The Morgan fingerprint density at radius 2 is 1.89 bits per heavy atom. The zero-order valence-electron chi connectivity index (χ0n) is 5.92. The lowest BCUT2D eigenvalue weighted by Gasteiger charge is -2.07. The van der Waals surface area contributed by atoms with E-state index in [4.69, 9.17) is 5.26 Å². The molecule has 0 bridgehead atoms. The zero-order valence-corrected chi connectivity index (χ0v) is 6.82. The summed E-state index contributed by atoms with van der Waals surface area (Å²) in [5.41, 5.74) is 0. The molecule has 0 radical (unpaired) electrons. The third-order valence-electron chi connectivity index (χ3n) is 1.51. The van der Waals surface area contributed by atoms with Crippen molar-refractivity contribution in [2.24, 2.45) is 0 Å². The minimum absolute atomic E-state index is 0.250. The predicted octanol–water partition coefficient (Wildman–Crippen LogP) is 1.91. The summed E-state index contributed by atoms with van der Waals surface area (Å²) >= 11 is 0. The number of hydrogen-bond acceptors (Lipinski definition) is 2. The van der Waals surface area contributed by atoms with E-state index in [0.29, 0.717) is 12.3 Å². The van der Waals surface area contributed by atoms with Crippen molar-refractivity contribution in [2.75, 3.05) is 18.5 Å². The van der Waals surface area contributed by atoms with Crippen LogP contribution in [0.2, 0.25) is 0 Å². The van der Waals surface area contributed by atoms with E-state index < -0.39 is 7.14 Å². The number of rotatable bonds is 3. The SMILES string of the molecule is CCP(=O)(CC)CC#N. The van der Waals surface area contributed by atoms with Crippen molar-refractivity contribution in [1.82, 2.24) is 0 Å². The van der Waals surface area contributed by atoms with Crippen LogP contribution in [0.1, 0.15) is 13.8 Å². The fraction of sp³-hybridized carbons (Fsp3) is 0.833. The van der Waals surface area contributed by atoms with Gasteiger partial charge in [0.15, 0.2) is 0 Å².